The van der Waals surface area contributed by atoms with E-state index in [0.29, 0.717) is 0 Å². The van der Waals surface area contributed by atoms with E-state index >= 15 is 0 Å². The predicted molar refractivity (Wildman–Crippen MR) is 123 cm³/mol. The second-order valence-electron chi connectivity index (χ2n) is 13.4. The second-order valence-corrected chi connectivity index (χ2v) is 13.4. The number of halogens is 47. The summed E-state index contributed by atoms with van der Waals surface area (Å²) in [7, 11) is 0. The van der Waals surface area contributed by atoms with Crippen LogP contribution in [0.15, 0.2) is 0 Å². The van der Waals surface area contributed by atoms with E-state index in [-0.39, 0.29) is 0 Å². The van der Waals surface area contributed by atoms with Gasteiger partial charge in [-0.15, -0.1) is 0 Å². The summed E-state index contributed by atoms with van der Waals surface area (Å²) in [6.07, 6.45) is -8.61. The SMILES string of the molecule is O=C(O)C(F)(F)C(F)(F)C(F)(F)C(F)(F)C(F)(F)C(F)(F)C(F)(F)C(F)(F)C(F)(F)C(F)(F)C(F)(F)C(F)(F)C(F)(F)C(F)(F)C(F)(F)C(F)(F)C(F)(F)C(F)(F)C(F)(F)C(F)(F)C(F)(F)C(F)(F)C(F)(F)F. The highest BCUT2D eigenvalue weighted by molar-refractivity contribution is 5.77. The molecular formula is C24HF47O2. The highest BCUT2D eigenvalue weighted by Gasteiger charge is 3.04. The highest BCUT2D eigenvalue weighted by atomic mass is 19.4. The van der Waals surface area contributed by atoms with E-state index in [0.717, 1.165) is 0 Å². The summed E-state index contributed by atoms with van der Waals surface area (Å²) in [6.45, 7) is 0. The number of hydrogen-bond donors (Lipinski definition) is 1. The standard InChI is InChI=1S/C24HF47O2/c25-2(26,1(72)73)3(27,28)4(29,30)5(31,32)6(33,34)7(35,36)8(37,38)9(39,40)10(41,42)11(43,44)12(45,46)13(47,48)14(49,50)15(51,52)16(53,54)17(55,56)18(57,58)19(59,60)20(61,62)21(63,64)22(65,66)23(67,68)24(69,70)71/h(H,72,73). The van der Waals surface area contributed by atoms with Crippen molar-refractivity contribution in [2.45, 2.75) is 136 Å². The fraction of sp³-hybridized carbons (Fsp3) is 0.958. The van der Waals surface area contributed by atoms with Gasteiger partial charge < -0.3 is 5.11 Å². The van der Waals surface area contributed by atoms with Crippen LogP contribution in [0, 0.1) is 0 Å². The predicted octanol–water partition coefficient (Wildman–Crippen LogP) is 14.6. The lowest BCUT2D eigenvalue weighted by Gasteiger charge is -2.47. The molecule has 0 bridgehead atoms. The minimum absolute atomic E-state index is 5.01. The van der Waals surface area contributed by atoms with Gasteiger partial charge in [0.05, 0.1) is 0 Å². The van der Waals surface area contributed by atoms with Gasteiger partial charge in [0, 0.05) is 0 Å². The van der Waals surface area contributed by atoms with Gasteiger partial charge in [-0.25, -0.2) is 4.79 Å². The van der Waals surface area contributed by atoms with Gasteiger partial charge in [0.15, 0.2) is 0 Å². The Balaban J connectivity index is 8.17. The Labute approximate surface area is 360 Å². The summed E-state index contributed by atoms with van der Waals surface area (Å²) in [5, 5.41) is 7.67. The van der Waals surface area contributed by atoms with Crippen molar-refractivity contribution in [3.8, 4) is 0 Å². The molecule has 49 heteroatoms. The number of alkyl halides is 47. The normalized spacial score (nSPS) is 17.4. The molecule has 438 valence electrons. The van der Waals surface area contributed by atoms with Crippen LogP contribution >= 0.6 is 0 Å². The van der Waals surface area contributed by atoms with Crippen LogP contribution in [0.1, 0.15) is 0 Å². The first kappa shape index (κ1) is 69.2. The van der Waals surface area contributed by atoms with Crippen molar-refractivity contribution >= 4 is 5.97 Å². The molecular weight excluding hydrogens is 1210 g/mol. The summed E-state index contributed by atoms with van der Waals surface area (Å²) >= 11 is 0. The first-order valence-corrected chi connectivity index (χ1v) is 15.1. The summed E-state index contributed by atoms with van der Waals surface area (Å²) in [4.78, 5) is 10.00. The third-order valence-electron chi connectivity index (χ3n) is 8.91. The number of hydrogen-bond acceptors (Lipinski definition) is 1. The van der Waals surface area contributed by atoms with Gasteiger partial charge in [0.1, 0.15) is 0 Å². The van der Waals surface area contributed by atoms with Crippen LogP contribution in [-0.2, 0) is 4.79 Å². The van der Waals surface area contributed by atoms with Gasteiger partial charge in [0.2, 0.25) is 0 Å². The maximum Gasteiger partial charge on any atom is 0.460 e. The monoisotopic (exact) mass is 1210 g/mol. The van der Waals surface area contributed by atoms with Crippen molar-refractivity contribution in [2.24, 2.45) is 0 Å². The number of carbonyl (C=O) groups is 1. The summed E-state index contributed by atoms with van der Waals surface area (Å²) < 4.78 is 641. The number of carboxylic acid groups (broad SMARTS) is 1. The first-order chi connectivity index (χ1) is 30.4. The Morgan fingerprint density at radius 3 is 0.329 bits per heavy atom. The van der Waals surface area contributed by atoms with Gasteiger partial charge in [-0.05, 0) is 0 Å². The molecule has 1 N–H and O–H groups in total. The maximum absolute atomic E-state index is 14.1. The van der Waals surface area contributed by atoms with E-state index in [9.17, 15) is 211 Å². The molecule has 0 aromatic carbocycles. The lowest BCUT2D eigenvalue weighted by molar-refractivity contribution is -0.497. The van der Waals surface area contributed by atoms with Gasteiger partial charge in [0.25, 0.3) is 0 Å². The Hall–Kier alpha value is -3.82. The quantitative estimate of drug-likeness (QED) is 0.110. The summed E-state index contributed by atoms with van der Waals surface area (Å²) in [6, 6.07) is 0. The van der Waals surface area contributed by atoms with Crippen LogP contribution in [0.5, 0.6) is 0 Å². The topological polar surface area (TPSA) is 37.3 Å². The molecule has 0 aliphatic carbocycles. The van der Waals surface area contributed by atoms with Gasteiger partial charge in [-0.3, -0.25) is 0 Å². The average molecular weight is 1210 g/mol. The third-order valence-corrected chi connectivity index (χ3v) is 8.91. The molecule has 0 fully saturated rings. The fourth-order valence-electron chi connectivity index (χ4n) is 4.26. The largest absolute Gasteiger partial charge is 0.477 e. The molecule has 0 amide bonds. The van der Waals surface area contributed by atoms with Gasteiger partial charge >= 0.3 is 142 Å². The second kappa shape index (κ2) is 16.4. The maximum atomic E-state index is 14.1. The van der Waals surface area contributed by atoms with Crippen LogP contribution in [0.25, 0.3) is 0 Å². The number of rotatable bonds is 22. The van der Waals surface area contributed by atoms with Crippen LogP contribution in [-0.4, -0.2) is 148 Å². The zero-order chi connectivity index (χ0) is 61.1. The Kier molecular flexibility index (Phi) is 15.5. The molecule has 73 heavy (non-hydrogen) atoms. The molecule has 0 saturated carbocycles. The fourth-order valence-corrected chi connectivity index (χ4v) is 4.26. The molecule has 0 saturated heterocycles. The molecule has 0 rings (SSSR count). The van der Waals surface area contributed by atoms with Crippen LogP contribution < -0.4 is 0 Å². The molecule has 0 radical (unpaired) electrons. The summed E-state index contributed by atoms with van der Waals surface area (Å²) in [5.74, 6) is -231. The van der Waals surface area contributed by atoms with Crippen LogP contribution in [0.2, 0.25) is 0 Å². The van der Waals surface area contributed by atoms with E-state index in [1.165, 1.54) is 0 Å². The molecule has 0 aliphatic heterocycles. The van der Waals surface area contributed by atoms with E-state index < -0.39 is 142 Å². The van der Waals surface area contributed by atoms with E-state index in [1.54, 1.807) is 0 Å². The zero-order valence-electron chi connectivity index (χ0n) is 30.6. The van der Waals surface area contributed by atoms with E-state index in [2.05, 4.69) is 0 Å². The average Bonchev–Trinajstić information content (AvgIpc) is 3.15. The van der Waals surface area contributed by atoms with Crippen LogP contribution in [0.3, 0.4) is 0 Å². The van der Waals surface area contributed by atoms with E-state index in [1.807, 2.05) is 0 Å². The van der Waals surface area contributed by atoms with Crippen molar-refractivity contribution in [1.29, 1.82) is 0 Å². The molecule has 0 heterocycles. The smallest absolute Gasteiger partial charge is 0.460 e. The lowest BCUT2D eigenvalue weighted by Crippen LogP contribution is -2.81. The van der Waals surface area contributed by atoms with Crippen molar-refractivity contribution in [3.63, 3.8) is 0 Å². The molecule has 0 aliphatic rings. The minimum atomic E-state index is -10.9. The van der Waals surface area contributed by atoms with Gasteiger partial charge in [-0.2, -0.15) is 206 Å². The Morgan fingerprint density at radius 2 is 0.247 bits per heavy atom. The number of aliphatic carboxylic acids is 1. The summed E-state index contributed by atoms with van der Waals surface area (Å²) in [5.41, 5.74) is 0. The van der Waals surface area contributed by atoms with Crippen molar-refractivity contribution < 1.29 is 216 Å². The van der Waals surface area contributed by atoms with Crippen molar-refractivity contribution in [1.82, 2.24) is 0 Å². The minimum Gasteiger partial charge on any atom is -0.477 e. The van der Waals surface area contributed by atoms with E-state index in [4.69, 9.17) is 5.11 Å². The van der Waals surface area contributed by atoms with Gasteiger partial charge in [-0.1, -0.05) is 0 Å². The molecule has 0 spiro atoms. The highest BCUT2D eigenvalue weighted by Crippen LogP contribution is 2.72. The first-order valence-electron chi connectivity index (χ1n) is 15.1. The molecule has 0 aromatic heterocycles. The zero-order valence-corrected chi connectivity index (χ0v) is 30.6. The Morgan fingerprint density at radius 1 is 0.164 bits per heavy atom. The van der Waals surface area contributed by atoms with Crippen molar-refractivity contribution in [2.75, 3.05) is 0 Å². The molecule has 2 nitrogen and oxygen atoms in total. The Bertz CT molecular complexity index is 2040. The molecule has 0 atom stereocenters. The number of carboxylic acids is 1. The third kappa shape index (κ3) is 7.45. The molecule has 0 aromatic rings. The van der Waals surface area contributed by atoms with Crippen LogP contribution in [0.4, 0.5) is 206 Å². The molecule has 0 unspecified atom stereocenters. The lowest BCUT2D eigenvalue weighted by atomic mass is 9.81. The van der Waals surface area contributed by atoms with Crippen molar-refractivity contribution in [3.05, 3.63) is 0 Å².